The lowest BCUT2D eigenvalue weighted by Crippen LogP contribution is -2.26. The smallest absolute Gasteiger partial charge is 0.0681 e. The van der Waals surface area contributed by atoms with Crippen LogP contribution in [-0.4, -0.2) is 37.2 Å². The van der Waals surface area contributed by atoms with Crippen molar-refractivity contribution in [3.8, 4) is 0 Å². The van der Waals surface area contributed by atoms with Crippen LogP contribution in [0.4, 0.5) is 0 Å². The van der Waals surface area contributed by atoms with Crippen LogP contribution in [-0.2, 0) is 13.2 Å². The number of hydrogen-bond donors (Lipinski definition) is 2. The molecule has 0 spiro atoms. The molecule has 0 bridgehead atoms. The number of hydrogen-bond acceptors (Lipinski definition) is 3. The number of aliphatic hydroxyl groups is 1. The maximum atomic E-state index is 8.98. The summed E-state index contributed by atoms with van der Waals surface area (Å²) < 4.78 is 0. The molecule has 1 aromatic rings. The fourth-order valence-corrected chi connectivity index (χ4v) is 1.37. The molecule has 1 aromatic carbocycles. The predicted octanol–water partition coefficient (Wildman–Crippen LogP) is 0.830. The van der Waals surface area contributed by atoms with E-state index in [1.807, 2.05) is 18.2 Å². The number of rotatable bonds is 6. The lowest BCUT2D eigenvalue weighted by Gasteiger charge is -2.10. The standard InChI is InChI=1S/C12H20N2O/c1-14(2)7-6-13-9-11-4-3-5-12(8-11)10-15/h3-5,8,13,15H,6-7,9-10H2,1-2H3. The van der Waals surface area contributed by atoms with Gasteiger partial charge in [-0.1, -0.05) is 24.3 Å². The zero-order chi connectivity index (χ0) is 11.1. The van der Waals surface area contributed by atoms with Crippen molar-refractivity contribution in [3.63, 3.8) is 0 Å². The molecule has 0 aliphatic rings. The Hall–Kier alpha value is -0.900. The number of aliphatic hydroxyl groups excluding tert-OH is 1. The van der Waals surface area contributed by atoms with Crippen molar-refractivity contribution in [3.05, 3.63) is 35.4 Å². The first-order valence-electron chi connectivity index (χ1n) is 5.26. The number of nitrogens with one attached hydrogen (secondary N) is 1. The third-order valence-corrected chi connectivity index (χ3v) is 2.24. The Morgan fingerprint density at radius 2 is 2.00 bits per heavy atom. The van der Waals surface area contributed by atoms with Gasteiger partial charge in [0, 0.05) is 19.6 Å². The Balaban J connectivity index is 2.30. The molecular weight excluding hydrogens is 188 g/mol. The van der Waals surface area contributed by atoms with Crippen LogP contribution in [0.25, 0.3) is 0 Å². The highest BCUT2D eigenvalue weighted by molar-refractivity contribution is 5.22. The van der Waals surface area contributed by atoms with Crippen molar-refractivity contribution in [2.75, 3.05) is 27.2 Å². The lowest BCUT2D eigenvalue weighted by molar-refractivity contribution is 0.281. The molecule has 0 aromatic heterocycles. The Labute approximate surface area is 91.7 Å². The summed E-state index contributed by atoms with van der Waals surface area (Å²) in [5, 5.41) is 12.3. The second kappa shape index (κ2) is 6.56. The lowest BCUT2D eigenvalue weighted by atomic mass is 10.1. The summed E-state index contributed by atoms with van der Waals surface area (Å²) >= 11 is 0. The Morgan fingerprint density at radius 3 is 2.67 bits per heavy atom. The maximum absolute atomic E-state index is 8.98. The summed E-state index contributed by atoms with van der Waals surface area (Å²) in [6.07, 6.45) is 0. The fraction of sp³-hybridized carbons (Fsp3) is 0.500. The molecule has 0 saturated carbocycles. The van der Waals surface area contributed by atoms with Gasteiger partial charge in [0.2, 0.25) is 0 Å². The minimum Gasteiger partial charge on any atom is -0.392 e. The Bertz CT molecular complexity index is 287. The Kier molecular flexibility index (Phi) is 5.32. The molecule has 2 N–H and O–H groups in total. The van der Waals surface area contributed by atoms with E-state index in [2.05, 4.69) is 30.4 Å². The first kappa shape index (κ1) is 12.2. The molecule has 84 valence electrons. The summed E-state index contributed by atoms with van der Waals surface area (Å²) in [7, 11) is 4.13. The summed E-state index contributed by atoms with van der Waals surface area (Å²) in [5.74, 6) is 0. The first-order valence-corrected chi connectivity index (χ1v) is 5.26. The van der Waals surface area contributed by atoms with E-state index in [1.54, 1.807) is 0 Å². The van der Waals surface area contributed by atoms with Gasteiger partial charge in [-0.15, -0.1) is 0 Å². The van der Waals surface area contributed by atoms with E-state index in [1.165, 1.54) is 5.56 Å². The van der Waals surface area contributed by atoms with Crippen LogP contribution in [0.1, 0.15) is 11.1 Å². The van der Waals surface area contributed by atoms with Crippen LogP contribution in [0, 0.1) is 0 Å². The molecule has 3 heteroatoms. The van der Waals surface area contributed by atoms with Crippen molar-refractivity contribution >= 4 is 0 Å². The summed E-state index contributed by atoms with van der Waals surface area (Å²) in [6, 6.07) is 8.02. The van der Waals surface area contributed by atoms with Gasteiger partial charge in [0.1, 0.15) is 0 Å². The molecule has 0 saturated heterocycles. The molecular formula is C12H20N2O. The van der Waals surface area contributed by atoms with E-state index in [-0.39, 0.29) is 6.61 Å². The van der Waals surface area contributed by atoms with Crippen LogP contribution in [0.5, 0.6) is 0 Å². The van der Waals surface area contributed by atoms with E-state index in [0.717, 1.165) is 25.2 Å². The highest BCUT2D eigenvalue weighted by Crippen LogP contribution is 2.04. The molecule has 0 aliphatic carbocycles. The molecule has 0 amide bonds. The molecule has 0 radical (unpaired) electrons. The van der Waals surface area contributed by atoms with Gasteiger partial charge in [-0.05, 0) is 25.2 Å². The molecule has 0 atom stereocenters. The van der Waals surface area contributed by atoms with Crippen LogP contribution in [0.2, 0.25) is 0 Å². The van der Waals surface area contributed by atoms with Crippen molar-refractivity contribution < 1.29 is 5.11 Å². The summed E-state index contributed by atoms with van der Waals surface area (Å²) in [6.45, 7) is 3.00. The van der Waals surface area contributed by atoms with Gasteiger partial charge in [0.25, 0.3) is 0 Å². The van der Waals surface area contributed by atoms with Crippen LogP contribution < -0.4 is 5.32 Å². The zero-order valence-electron chi connectivity index (χ0n) is 9.53. The molecule has 3 nitrogen and oxygen atoms in total. The Morgan fingerprint density at radius 1 is 1.27 bits per heavy atom. The number of benzene rings is 1. The van der Waals surface area contributed by atoms with Crippen LogP contribution in [0.15, 0.2) is 24.3 Å². The monoisotopic (exact) mass is 208 g/mol. The van der Waals surface area contributed by atoms with Gasteiger partial charge in [0.05, 0.1) is 6.61 Å². The topological polar surface area (TPSA) is 35.5 Å². The van der Waals surface area contributed by atoms with Crippen LogP contribution >= 0.6 is 0 Å². The molecule has 1 rings (SSSR count). The number of nitrogens with zero attached hydrogens (tertiary/aromatic N) is 1. The summed E-state index contributed by atoms with van der Waals surface area (Å²) in [4.78, 5) is 2.15. The number of likely N-dealkylation sites (N-methyl/N-ethyl adjacent to an activating group) is 1. The third kappa shape index (κ3) is 4.93. The molecule has 0 aliphatic heterocycles. The van der Waals surface area contributed by atoms with Gasteiger partial charge in [-0.2, -0.15) is 0 Å². The van der Waals surface area contributed by atoms with Gasteiger partial charge < -0.3 is 15.3 Å². The minimum atomic E-state index is 0.117. The highest BCUT2D eigenvalue weighted by atomic mass is 16.3. The van der Waals surface area contributed by atoms with Crippen molar-refractivity contribution in [1.82, 2.24) is 10.2 Å². The van der Waals surface area contributed by atoms with Crippen molar-refractivity contribution in [1.29, 1.82) is 0 Å². The van der Waals surface area contributed by atoms with E-state index in [9.17, 15) is 0 Å². The van der Waals surface area contributed by atoms with E-state index < -0.39 is 0 Å². The van der Waals surface area contributed by atoms with Gasteiger partial charge in [-0.25, -0.2) is 0 Å². The molecule has 0 fully saturated rings. The molecule has 0 heterocycles. The van der Waals surface area contributed by atoms with Crippen molar-refractivity contribution in [2.24, 2.45) is 0 Å². The van der Waals surface area contributed by atoms with Gasteiger partial charge >= 0.3 is 0 Å². The maximum Gasteiger partial charge on any atom is 0.0681 e. The average molecular weight is 208 g/mol. The van der Waals surface area contributed by atoms with Gasteiger partial charge in [0.15, 0.2) is 0 Å². The van der Waals surface area contributed by atoms with Gasteiger partial charge in [-0.3, -0.25) is 0 Å². The quantitative estimate of drug-likeness (QED) is 0.680. The van der Waals surface area contributed by atoms with Crippen molar-refractivity contribution in [2.45, 2.75) is 13.2 Å². The second-order valence-corrected chi connectivity index (χ2v) is 3.96. The fourth-order valence-electron chi connectivity index (χ4n) is 1.37. The molecule has 0 unspecified atom stereocenters. The highest BCUT2D eigenvalue weighted by Gasteiger charge is 1.95. The van der Waals surface area contributed by atoms with E-state index >= 15 is 0 Å². The minimum absolute atomic E-state index is 0.117. The zero-order valence-corrected chi connectivity index (χ0v) is 9.53. The largest absolute Gasteiger partial charge is 0.392 e. The summed E-state index contributed by atoms with van der Waals surface area (Å²) in [5.41, 5.74) is 2.20. The first-order chi connectivity index (χ1) is 7.22. The predicted molar refractivity (Wildman–Crippen MR) is 62.6 cm³/mol. The average Bonchev–Trinajstić information content (AvgIpc) is 2.24. The third-order valence-electron chi connectivity index (χ3n) is 2.24. The second-order valence-electron chi connectivity index (χ2n) is 3.96. The normalized spacial score (nSPS) is 10.9. The SMILES string of the molecule is CN(C)CCNCc1cccc(CO)c1. The molecule has 15 heavy (non-hydrogen) atoms. The van der Waals surface area contributed by atoms with Crippen LogP contribution in [0.3, 0.4) is 0 Å². The van der Waals surface area contributed by atoms with E-state index in [4.69, 9.17) is 5.11 Å². The van der Waals surface area contributed by atoms with E-state index in [0.29, 0.717) is 0 Å².